The number of hydrogen-bond acceptors (Lipinski definition) is 4. The zero-order chi connectivity index (χ0) is 20.5. The Hall–Kier alpha value is -3.59. The highest BCUT2D eigenvalue weighted by Gasteiger charge is 2.13. The van der Waals surface area contributed by atoms with Gasteiger partial charge in [-0.3, -0.25) is 4.79 Å². The van der Waals surface area contributed by atoms with Crippen LogP contribution in [0.1, 0.15) is 40.9 Å². The Balaban J connectivity index is 2.07. The summed E-state index contributed by atoms with van der Waals surface area (Å²) in [6.07, 6.45) is 2.93. The van der Waals surface area contributed by atoms with Gasteiger partial charge in [-0.25, -0.2) is 4.79 Å². The quantitative estimate of drug-likeness (QED) is 0.481. The fourth-order valence-corrected chi connectivity index (χ4v) is 2.77. The SMILES string of the molecule is CCc1cccc(CC)c1NC(=O)/C(C#N)=C\NCc1ccc(C(=O)O)cc1. The van der Waals surface area contributed by atoms with E-state index in [1.54, 1.807) is 12.1 Å². The normalized spacial score (nSPS) is 10.8. The summed E-state index contributed by atoms with van der Waals surface area (Å²) in [7, 11) is 0. The predicted molar refractivity (Wildman–Crippen MR) is 108 cm³/mol. The van der Waals surface area contributed by atoms with Crippen molar-refractivity contribution in [1.82, 2.24) is 5.32 Å². The number of benzene rings is 2. The van der Waals surface area contributed by atoms with Gasteiger partial charge in [0.25, 0.3) is 5.91 Å². The summed E-state index contributed by atoms with van der Waals surface area (Å²) in [5.41, 5.74) is 3.83. The summed E-state index contributed by atoms with van der Waals surface area (Å²) in [6, 6.07) is 14.2. The molecule has 1 amide bonds. The molecule has 6 nitrogen and oxygen atoms in total. The summed E-state index contributed by atoms with van der Waals surface area (Å²) < 4.78 is 0. The van der Waals surface area contributed by atoms with E-state index >= 15 is 0 Å². The molecule has 144 valence electrons. The lowest BCUT2D eigenvalue weighted by atomic mass is 10.0. The lowest BCUT2D eigenvalue weighted by Gasteiger charge is -2.14. The molecule has 2 aromatic carbocycles. The van der Waals surface area contributed by atoms with E-state index in [1.807, 2.05) is 38.1 Å². The van der Waals surface area contributed by atoms with Crippen LogP contribution in [0.2, 0.25) is 0 Å². The number of carbonyl (C=O) groups excluding carboxylic acids is 1. The number of rotatable bonds is 8. The van der Waals surface area contributed by atoms with Gasteiger partial charge in [0.05, 0.1) is 5.56 Å². The molecule has 6 heteroatoms. The molecule has 0 unspecified atom stereocenters. The third kappa shape index (κ3) is 5.21. The third-order valence-corrected chi connectivity index (χ3v) is 4.36. The Morgan fingerprint density at radius 1 is 1.07 bits per heavy atom. The third-order valence-electron chi connectivity index (χ3n) is 4.36. The number of aromatic carboxylic acids is 1. The Kier molecular flexibility index (Phi) is 7.35. The number of carbonyl (C=O) groups is 2. The minimum Gasteiger partial charge on any atom is -0.478 e. The maximum Gasteiger partial charge on any atom is 0.335 e. The van der Waals surface area contributed by atoms with Gasteiger partial charge in [-0.1, -0.05) is 44.2 Å². The highest BCUT2D eigenvalue weighted by molar-refractivity contribution is 6.07. The first-order valence-corrected chi connectivity index (χ1v) is 9.08. The van der Waals surface area contributed by atoms with E-state index in [2.05, 4.69) is 10.6 Å². The van der Waals surface area contributed by atoms with Gasteiger partial charge in [0.15, 0.2) is 0 Å². The van der Waals surface area contributed by atoms with E-state index in [0.29, 0.717) is 6.54 Å². The summed E-state index contributed by atoms with van der Waals surface area (Å²) in [5.74, 6) is -1.45. The molecule has 0 saturated heterocycles. The first-order valence-electron chi connectivity index (χ1n) is 9.08. The van der Waals surface area contributed by atoms with E-state index in [4.69, 9.17) is 5.11 Å². The lowest BCUT2D eigenvalue weighted by molar-refractivity contribution is -0.112. The Labute approximate surface area is 164 Å². The van der Waals surface area contributed by atoms with E-state index in [9.17, 15) is 14.9 Å². The number of carboxylic acid groups (broad SMARTS) is 1. The molecule has 0 bridgehead atoms. The second-order valence-corrected chi connectivity index (χ2v) is 6.17. The topological polar surface area (TPSA) is 102 Å². The van der Waals surface area contributed by atoms with Crippen molar-refractivity contribution in [3.05, 3.63) is 76.5 Å². The van der Waals surface area contributed by atoms with E-state index in [0.717, 1.165) is 35.2 Å². The molecule has 0 radical (unpaired) electrons. The Bertz CT molecular complexity index is 903. The van der Waals surface area contributed by atoms with Gasteiger partial charge in [-0.05, 0) is 41.7 Å². The number of anilines is 1. The van der Waals surface area contributed by atoms with Gasteiger partial charge in [-0.15, -0.1) is 0 Å². The highest BCUT2D eigenvalue weighted by Crippen LogP contribution is 2.23. The minimum absolute atomic E-state index is 0.0323. The van der Waals surface area contributed by atoms with Crippen LogP contribution in [-0.2, 0) is 24.2 Å². The molecule has 28 heavy (non-hydrogen) atoms. The van der Waals surface area contributed by atoms with Crippen molar-refractivity contribution < 1.29 is 14.7 Å². The zero-order valence-corrected chi connectivity index (χ0v) is 16.0. The molecule has 2 rings (SSSR count). The fourth-order valence-electron chi connectivity index (χ4n) is 2.77. The Morgan fingerprint density at radius 3 is 2.18 bits per heavy atom. The molecule has 3 N–H and O–H groups in total. The minimum atomic E-state index is -0.985. The monoisotopic (exact) mass is 377 g/mol. The molecule has 0 spiro atoms. The molecule has 0 atom stereocenters. The molecule has 0 heterocycles. The van der Waals surface area contributed by atoms with Crippen LogP contribution in [0.5, 0.6) is 0 Å². The van der Waals surface area contributed by atoms with Crippen molar-refractivity contribution in [2.75, 3.05) is 5.32 Å². The molecule has 0 aromatic heterocycles. The first kappa shape index (κ1) is 20.7. The van der Waals surface area contributed by atoms with Crippen LogP contribution in [0.3, 0.4) is 0 Å². The largest absolute Gasteiger partial charge is 0.478 e. The molecular weight excluding hydrogens is 354 g/mol. The van der Waals surface area contributed by atoms with Crippen LogP contribution in [0.25, 0.3) is 0 Å². The van der Waals surface area contributed by atoms with Gasteiger partial charge in [0, 0.05) is 18.4 Å². The molecule has 2 aromatic rings. The van der Waals surface area contributed by atoms with Gasteiger partial charge < -0.3 is 15.7 Å². The van der Waals surface area contributed by atoms with Crippen molar-refractivity contribution in [3.8, 4) is 6.07 Å². The van der Waals surface area contributed by atoms with Crippen molar-refractivity contribution in [2.45, 2.75) is 33.2 Å². The van der Waals surface area contributed by atoms with Crippen molar-refractivity contribution in [3.63, 3.8) is 0 Å². The smallest absolute Gasteiger partial charge is 0.335 e. The average Bonchev–Trinajstić information content (AvgIpc) is 2.71. The molecular formula is C22H23N3O3. The van der Waals surface area contributed by atoms with Crippen LogP contribution in [0.4, 0.5) is 5.69 Å². The van der Waals surface area contributed by atoms with E-state index < -0.39 is 11.9 Å². The lowest BCUT2D eigenvalue weighted by Crippen LogP contribution is -2.18. The van der Waals surface area contributed by atoms with Crippen molar-refractivity contribution >= 4 is 17.6 Å². The number of aryl methyl sites for hydroxylation is 2. The zero-order valence-electron chi connectivity index (χ0n) is 16.0. The second kappa shape index (κ2) is 9.93. The fraction of sp³-hybridized carbons (Fsp3) is 0.227. The van der Waals surface area contributed by atoms with Crippen LogP contribution in [-0.4, -0.2) is 17.0 Å². The van der Waals surface area contributed by atoms with Crippen molar-refractivity contribution in [2.24, 2.45) is 0 Å². The maximum absolute atomic E-state index is 12.5. The predicted octanol–water partition coefficient (Wildman–Crippen LogP) is 3.65. The van der Waals surface area contributed by atoms with Gasteiger partial charge in [0.1, 0.15) is 11.6 Å². The molecule has 0 saturated carbocycles. The van der Waals surface area contributed by atoms with Gasteiger partial charge in [0.2, 0.25) is 0 Å². The first-order chi connectivity index (χ1) is 13.5. The number of nitriles is 1. The molecule has 0 aliphatic heterocycles. The number of amides is 1. The maximum atomic E-state index is 12.5. The number of nitrogens with zero attached hydrogens (tertiary/aromatic N) is 1. The molecule has 0 aliphatic carbocycles. The van der Waals surface area contributed by atoms with Crippen LogP contribution < -0.4 is 10.6 Å². The highest BCUT2D eigenvalue weighted by atomic mass is 16.4. The van der Waals surface area contributed by atoms with Gasteiger partial charge >= 0.3 is 5.97 Å². The number of carboxylic acids is 1. The average molecular weight is 377 g/mol. The number of hydrogen-bond donors (Lipinski definition) is 3. The second-order valence-electron chi connectivity index (χ2n) is 6.17. The molecule has 0 aliphatic rings. The standard InChI is InChI=1S/C22H23N3O3/c1-3-16-6-5-7-17(4-2)20(16)25-21(26)19(12-23)14-24-13-15-8-10-18(11-9-15)22(27)28/h5-11,14,24H,3-4,13H2,1-2H3,(H,25,26)(H,27,28)/b19-14-. The van der Waals surface area contributed by atoms with E-state index in [-0.39, 0.29) is 11.1 Å². The van der Waals surface area contributed by atoms with Gasteiger partial charge in [-0.2, -0.15) is 5.26 Å². The van der Waals surface area contributed by atoms with E-state index in [1.165, 1.54) is 18.3 Å². The van der Waals surface area contributed by atoms with Crippen LogP contribution in [0.15, 0.2) is 54.2 Å². The summed E-state index contributed by atoms with van der Waals surface area (Å²) in [6.45, 7) is 4.40. The number of para-hydroxylation sites is 1. The molecule has 0 fully saturated rings. The summed E-state index contributed by atoms with van der Waals surface area (Å²) in [4.78, 5) is 23.4. The van der Waals surface area contributed by atoms with Crippen LogP contribution in [0, 0.1) is 11.3 Å². The Morgan fingerprint density at radius 2 is 1.68 bits per heavy atom. The summed E-state index contributed by atoms with van der Waals surface area (Å²) in [5, 5.41) is 24.0. The van der Waals surface area contributed by atoms with Crippen molar-refractivity contribution in [1.29, 1.82) is 5.26 Å². The number of nitrogens with one attached hydrogen (secondary N) is 2. The summed E-state index contributed by atoms with van der Waals surface area (Å²) >= 11 is 0. The van der Waals surface area contributed by atoms with Crippen LogP contribution >= 0.6 is 0 Å².